The second-order valence-corrected chi connectivity index (χ2v) is 8.41. The van der Waals surface area contributed by atoms with E-state index in [1.165, 1.54) is 5.56 Å². The molecule has 1 aliphatic heterocycles. The molecule has 1 amide bonds. The number of piperidine rings is 1. The Morgan fingerprint density at radius 1 is 1.16 bits per heavy atom. The zero-order chi connectivity index (χ0) is 21.5. The topological polar surface area (TPSA) is 71.3 Å². The second kappa shape index (κ2) is 10.6. The van der Waals surface area contributed by atoms with Gasteiger partial charge in [0.2, 0.25) is 17.6 Å². The van der Waals surface area contributed by atoms with Crippen molar-refractivity contribution in [3.8, 4) is 11.4 Å². The van der Waals surface area contributed by atoms with Crippen molar-refractivity contribution >= 4 is 17.5 Å². The molecule has 1 aromatic heterocycles. The summed E-state index contributed by atoms with van der Waals surface area (Å²) in [5.74, 6) is 1.32. The molecule has 7 heteroatoms. The lowest BCUT2D eigenvalue weighted by atomic mass is 9.97. The van der Waals surface area contributed by atoms with Gasteiger partial charge in [-0.05, 0) is 49.9 Å². The van der Waals surface area contributed by atoms with Gasteiger partial charge in [-0.3, -0.25) is 9.69 Å². The normalized spacial score (nSPS) is 16.9. The minimum Gasteiger partial charge on any atom is -0.356 e. The molecule has 0 aliphatic carbocycles. The van der Waals surface area contributed by atoms with E-state index in [4.69, 9.17) is 16.1 Å². The van der Waals surface area contributed by atoms with Gasteiger partial charge in [0, 0.05) is 23.7 Å². The van der Waals surface area contributed by atoms with Crippen molar-refractivity contribution in [3.05, 3.63) is 71.1 Å². The lowest BCUT2D eigenvalue weighted by Crippen LogP contribution is -2.43. The first-order chi connectivity index (χ1) is 15.2. The Morgan fingerprint density at radius 3 is 2.77 bits per heavy atom. The lowest BCUT2D eigenvalue weighted by Gasteiger charge is -2.30. The van der Waals surface area contributed by atoms with Crippen LogP contribution in [0, 0.1) is 5.92 Å². The number of nitrogens with one attached hydrogen (secondary N) is 1. The fourth-order valence-corrected chi connectivity index (χ4v) is 4.05. The average Bonchev–Trinajstić information content (AvgIpc) is 3.27. The Morgan fingerprint density at radius 2 is 1.97 bits per heavy atom. The highest BCUT2D eigenvalue weighted by Gasteiger charge is 2.26. The molecule has 1 aliphatic rings. The number of nitrogens with zero attached hydrogens (tertiary/aromatic N) is 3. The molecular formula is C24H27ClN4O2. The molecule has 162 valence electrons. The van der Waals surface area contributed by atoms with Crippen LogP contribution in [-0.2, 0) is 17.8 Å². The Bertz CT molecular complexity index is 975. The van der Waals surface area contributed by atoms with Crippen LogP contribution in [0.4, 0.5) is 0 Å². The molecule has 1 fully saturated rings. The first kappa shape index (κ1) is 21.5. The summed E-state index contributed by atoms with van der Waals surface area (Å²) >= 11 is 5.92. The lowest BCUT2D eigenvalue weighted by molar-refractivity contribution is -0.126. The van der Waals surface area contributed by atoms with Gasteiger partial charge >= 0.3 is 0 Å². The molecule has 2 heterocycles. The predicted octanol–water partition coefficient (Wildman–Crippen LogP) is 4.35. The number of carbonyl (C=O) groups excluding carboxylic acids is 1. The van der Waals surface area contributed by atoms with Gasteiger partial charge < -0.3 is 9.84 Å². The SMILES string of the molecule is O=C(NCCCc1ccc(Cl)cc1)C1CCCN(Cc2nc(-c3ccccc3)no2)C1. The summed E-state index contributed by atoms with van der Waals surface area (Å²) in [5.41, 5.74) is 2.17. The molecule has 1 saturated heterocycles. The number of aromatic nitrogens is 2. The van der Waals surface area contributed by atoms with Gasteiger partial charge in [-0.15, -0.1) is 0 Å². The van der Waals surface area contributed by atoms with Gasteiger partial charge in [0.15, 0.2) is 0 Å². The molecule has 1 N–H and O–H groups in total. The van der Waals surface area contributed by atoms with Crippen molar-refractivity contribution in [2.24, 2.45) is 5.92 Å². The van der Waals surface area contributed by atoms with Crippen molar-refractivity contribution in [1.82, 2.24) is 20.4 Å². The standard InChI is InChI=1S/C24H27ClN4O2/c25-21-12-10-18(11-13-21)6-4-14-26-24(30)20-9-5-15-29(16-20)17-22-27-23(28-31-22)19-7-2-1-3-8-19/h1-3,7-8,10-13,20H,4-6,9,14-17H2,(H,26,30). The van der Waals surface area contributed by atoms with E-state index in [2.05, 4.69) is 20.4 Å². The molecule has 2 aromatic carbocycles. The summed E-state index contributed by atoms with van der Waals surface area (Å²) < 4.78 is 5.43. The number of aryl methyl sites for hydroxylation is 1. The number of rotatable bonds is 8. The molecule has 3 aromatic rings. The van der Waals surface area contributed by atoms with E-state index in [0.29, 0.717) is 31.3 Å². The van der Waals surface area contributed by atoms with Gasteiger partial charge in [0.1, 0.15) is 0 Å². The van der Waals surface area contributed by atoms with Gasteiger partial charge in [0.05, 0.1) is 12.5 Å². The van der Waals surface area contributed by atoms with Crippen LogP contribution < -0.4 is 5.32 Å². The number of hydrogen-bond donors (Lipinski definition) is 1. The molecule has 1 unspecified atom stereocenters. The van der Waals surface area contributed by atoms with Crippen LogP contribution in [-0.4, -0.2) is 40.6 Å². The predicted molar refractivity (Wildman–Crippen MR) is 121 cm³/mol. The zero-order valence-corrected chi connectivity index (χ0v) is 18.2. The Balaban J connectivity index is 1.22. The maximum atomic E-state index is 12.6. The number of amides is 1. The third-order valence-corrected chi connectivity index (χ3v) is 5.84. The maximum Gasteiger partial charge on any atom is 0.241 e. The molecule has 0 radical (unpaired) electrons. The molecule has 6 nitrogen and oxygen atoms in total. The van der Waals surface area contributed by atoms with Gasteiger partial charge in [-0.1, -0.05) is 59.2 Å². The third-order valence-electron chi connectivity index (χ3n) is 5.59. The monoisotopic (exact) mass is 438 g/mol. The summed E-state index contributed by atoms with van der Waals surface area (Å²) in [6.07, 6.45) is 3.74. The van der Waals surface area contributed by atoms with Crippen LogP contribution in [0.15, 0.2) is 59.1 Å². The number of carbonyl (C=O) groups is 1. The van der Waals surface area contributed by atoms with E-state index >= 15 is 0 Å². The second-order valence-electron chi connectivity index (χ2n) is 7.97. The van der Waals surface area contributed by atoms with Crippen LogP contribution in [0.3, 0.4) is 0 Å². The Labute approximate surface area is 187 Å². The van der Waals surface area contributed by atoms with Crippen molar-refractivity contribution in [3.63, 3.8) is 0 Å². The van der Waals surface area contributed by atoms with Crippen molar-refractivity contribution in [2.45, 2.75) is 32.2 Å². The highest BCUT2D eigenvalue weighted by Crippen LogP contribution is 2.20. The minimum absolute atomic E-state index is 0.000738. The van der Waals surface area contributed by atoms with Crippen LogP contribution in [0.25, 0.3) is 11.4 Å². The van der Waals surface area contributed by atoms with Crippen molar-refractivity contribution in [1.29, 1.82) is 0 Å². The fourth-order valence-electron chi connectivity index (χ4n) is 3.93. The Kier molecular flexibility index (Phi) is 7.33. The van der Waals surface area contributed by atoms with Crippen LogP contribution >= 0.6 is 11.6 Å². The molecule has 0 saturated carbocycles. The van der Waals surface area contributed by atoms with E-state index in [0.717, 1.165) is 42.8 Å². The first-order valence-electron chi connectivity index (χ1n) is 10.8. The largest absolute Gasteiger partial charge is 0.356 e. The van der Waals surface area contributed by atoms with Crippen molar-refractivity contribution in [2.75, 3.05) is 19.6 Å². The number of likely N-dealkylation sites (tertiary alicyclic amines) is 1. The molecule has 1 atom stereocenters. The summed E-state index contributed by atoms with van der Waals surface area (Å²) in [6.45, 7) is 2.90. The smallest absolute Gasteiger partial charge is 0.241 e. The van der Waals surface area contributed by atoms with Crippen LogP contribution in [0.5, 0.6) is 0 Å². The van der Waals surface area contributed by atoms with Crippen molar-refractivity contribution < 1.29 is 9.32 Å². The highest BCUT2D eigenvalue weighted by molar-refractivity contribution is 6.30. The third kappa shape index (κ3) is 6.15. The minimum atomic E-state index is 0.000738. The van der Waals surface area contributed by atoms with Crippen LogP contribution in [0.1, 0.15) is 30.7 Å². The zero-order valence-electron chi connectivity index (χ0n) is 17.5. The van der Waals surface area contributed by atoms with E-state index in [1.807, 2.05) is 54.6 Å². The van der Waals surface area contributed by atoms with E-state index in [1.54, 1.807) is 0 Å². The van der Waals surface area contributed by atoms with Gasteiger partial charge in [-0.25, -0.2) is 0 Å². The molecule has 4 rings (SSSR count). The summed E-state index contributed by atoms with van der Waals surface area (Å²) in [7, 11) is 0. The van der Waals surface area contributed by atoms with E-state index in [-0.39, 0.29) is 11.8 Å². The summed E-state index contributed by atoms with van der Waals surface area (Å²) in [6, 6.07) is 17.7. The average molecular weight is 439 g/mol. The Hall–Kier alpha value is -2.70. The molecule has 0 bridgehead atoms. The highest BCUT2D eigenvalue weighted by atomic mass is 35.5. The molecular weight excluding hydrogens is 412 g/mol. The number of benzene rings is 2. The molecule has 31 heavy (non-hydrogen) atoms. The van der Waals surface area contributed by atoms with Gasteiger partial charge in [0.25, 0.3) is 0 Å². The number of hydrogen-bond acceptors (Lipinski definition) is 5. The fraction of sp³-hybridized carbons (Fsp3) is 0.375. The first-order valence-corrected chi connectivity index (χ1v) is 11.2. The molecule has 0 spiro atoms. The maximum absolute atomic E-state index is 12.6. The van der Waals surface area contributed by atoms with Gasteiger partial charge in [-0.2, -0.15) is 4.98 Å². The van der Waals surface area contributed by atoms with E-state index in [9.17, 15) is 4.79 Å². The quantitative estimate of drug-likeness (QED) is 0.529. The van der Waals surface area contributed by atoms with E-state index < -0.39 is 0 Å². The summed E-state index contributed by atoms with van der Waals surface area (Å²) in [5, 5.41) is 7.93. The van der Waals surface area contributed by atoms with Crippen LogP contribution in [0.2, 0.25) is 5.02 Å². The summed E-state index contributed by atoms with van der Waals surface area (Å²) in [4.78, 5) is 19.4. The number of halogens is 1.